The molecule has 2 rings (SSSR count). The molecule has 4 nitrogen and oxygen atoms in total. The van der Waals surface area contributed by atoms with Crippen molar-refractivity contribution in [1.82, 2.24) is 5.32 Å². The van der Waals surface area contributed by atoms with Gasteiger partial charge < -0.3 is 19.5 Å². The first-order chi connectivity index (χ1) is 9.71. The van der Waals surface area contributed by atoms with Crippen molar-refractivity contribution >= 4 is 0 Å². The Morgan fingerprint density at radius 1 is 1.20 bits per heavy atom. The van der Waals surface area contributed by atoms with E-state index in [0.717, 1.165) is 37.5 Å². The van der Waals surface area contributed by atoms with E-state index in [9.17, 15) is 0 Å². The van der Waals surface area contributed by atoms with Crippen LogP contribution in [-0.2, 0) is 11.2 Å². The predicted octanol–water partition coefficient (Wildman–Crippen LogP) is 2.56. The summed E-state index contributed by atoms with van der Waals surface area (Å²) in [6.45, 7) is 4.06. The van der Waals surface area contributed by atoms with Gasteiger partial charge in [-0.1, -0.05) is 6.92 Å². The molecule has 0 aliphatic carbocycles. The summed E-state index contributed by atoms with van der Waals surface area (Å²) in [4.78, 5) is 0. The van der Waals surface area contributed by atoms with E-state index in [1.54, 1.807) is 21.3 Å². The first-order valence-electron chi connectivity index (χ1n) is 7.18. The van der Waals surface area contributed by atoms with Crippen molar-refractivity contribution in [2.24, 2.45) is 5.92 Å². The van der Waals surface area contributed by atoms with Gasteiger partial charge in [-0.2, -0.15) is 0 Å². The molecule has 0 aromatic heterocycles. The Labute approximate surface area is 121 Å². The fourth-order valence-electron chi connectivity index (χ4n) is 2.89. The van der Waals surface area contributed by atoms with Crippen LogP contribution in [0.4, 0.5) is 0 Å². The maximum absolute atomic E-state index is 5.43. The Bertz CT molecular complexity index is 448. The van der Waals surface area contributed by atoms with Crippen LogP contribution in [0.25, 0.3) is 0 Å². The van der Waals surface area contributed by atoms with E-state index in [4.69, 9.17) is 14.2 Å². The molecule has 4 heteroatoms. The van der Waals surface area contributed by atoms with E-state index < -0.39 is 0 Å². The Morgan fingerprint density at radius 3 is 2.55 bits per heavy atom. The number of hydrogen-bond acceptors (Lipinski definition) is 4. The second kappa shape index (κ2) is 6.95. The highest BCUT2D eigenvalue weighted by Crippen LogP contribution is 2.38. The number of nitrogens with one attached hydrogen (secondary N) is 1. The Hall–Kier alpha value is -1.26. The van der Waals surface area contributed by atoms with E-state index >= 15 is 0 Å². The molecule has 0 amide bonds. The van der Waals surface area contributed by atoms with Gasteiger partial charge in [-0.3, -0.25) is 0 Å². The smallest absolute Gasteiger partial charge is 0.161 e. The molecular weight excluding hydrogens is 254 g/mol. The molecular formula is C16H25NO3. The Kier molecular flexibility index (Phi) is 5.26. The third-order valence-electron chi connectivity index (χ3n) is 4.09. The number of fused-ring (bicyclic) bond motifs is 1. The monoisotopic (exact) mass is 279 g/mol. The van der Waals surface area contributed by atoms with Crippen LogP contribution in [0.1, 0.15) is 30.5 Å². The molecule has 0 radical (unpaired) electrons. The average Bonchev–Trinajstić information content (AvgIpc) is 2.50. The Morgan fingerprint density at radius 2 is 1.90 bits per heavy atom. The van der Waals surface area contributed by atoms with Crippen molar-refractivity contribution in [3.8, 4) is 11.5 Å². The zero-order chi connectivity index (χ0) is 14.5. The summed E-state index contributed by atoms with van der Waals surface area (Å²) in [5.74, 6) is 2.14. The van der Waals surface area contributed by atoms with Crippen molar-refractivity contribution < 1.29 is 14.2 Å². The zero-order valence-corrected chi connectivity index (χ0v) is 12.9. The first kappa shape index (κ1) is 15.1. The van der Waals surface area contributed by atoms with Gasteiger partial charge in [0.25, 0.3) is 0 Å². The van der Waals surface area contributed by atoms with Crippen LogP contribution in [0.2, 0.25) is 0 Å². The molecule has 0 spiro atoms. The largest absolute Gasteiger partial charge is 0.493 e. The van der Waals surface area contributed by atoms with Crippen molar-refractivity contribution in [3.05, 3.63) is 23.3 Å². The molecule has 1 aliphatic heterocycles. The topological polar surface area (TPSA) is 39.7 Å². The molecule has 1 aromatic carbocycles. The van der Waals surface area contributed by atoms with E-state index in [1.165, 1.54) is 11.1 Å². The molecule has 1 N–H and O–H groups in total. The van der Waals surface area contributed by atoms with E-state index in [-0.39, 0.29) is 0 Å². The van der Waals surface area contributed by atoms with Gasteiger partial charge in [0.2, 0.25) is 0 Å². The lowest BCUT2D eigenvalue weighted by Crippen LogP contribution is -2.34. The highest BCUT2D eigenvalue weighted by atomic mass is 16.5. The van der Waals surface area contributed by atoms with Crippen LogP contribution in [0, 0.1) is 5.92 Å². The van der Waals surface area contributed by atoms with Crippen molar-refractivity contribution in [3.63, 3.8) is 0 Å². The van der Waals surface area contributed by atoms with Gasteiger partial charge in [0, 0.05) is 19.8 Å². The normalized spacial score (nSPS) is 19.3. The minimum atomic E-state index is 0.355. The van der Waals surface area contributed by atoms with Gasteiger partial charge in [0.15, 0.2) is 11.5 Å². The van der Waals surface area contributed by atoms with Crippen LogP contribution >= 0.6 is 0 Å². The van der Waals surface area contributed by atoms with Gasteiger partial charge in [0.05, 0.1) is 14.2 Å². The maximum atomic E-state index is 5.43. The van der Waals surface area contributed by atoms with Gasteiger partial charge >= 0.3 is 0 Å². The van der Waals surface area contributed by atoms with Crippen LogP contribution in [0.3, 0.4) is 0 Å². The molecule has 0 fully saturated rings. The molecule has 20 heavy (non-hydrogen) atoms. The zero-order valence-electron chi connectivity index (χ0n) is 12.9. The highest BCUT2D eigenvalue weighted by molar-refractivity contribution is 5.49. The summed E-state index contributed by atoms with van der Waals surface area (Å²) in [6.07, 6.45) is 2.07. The summed E-state index contributed by atoms with van der Waals surface area (Å²) in [6, 6.07) is 4.59. The molecule has 0 bridgehead atoms. The molecule has 1 aliphatic rings. The minimum absolute atomic E-state index is 0.355. The minimum Gasteiger partial charge on any atom is -0.493 e. The van der Waals surface area contributed by atoms with Crippen LogP contribution in [0.15, 0.2) is 12.1 Å². The van der Waals surface area contributed by atoms with Crippen LogP contribution in [0.5, 0.6) is 11.5 Å². The van der Waals surface area contributed by atoms with Gasteiger partial charge in [0.1, 0.15) is 0 Å². The van der Waals surface area contributed by atoms with Crippen LogP contribution < -0.4 is 14.8 Å². The summed E-state index contributed by atoms with van der Waals surface area (Å²) in [7, 11) is 5.12. The van der Waals surface area contributed by atoms with Crippen LogP contribution in [-0.4, -0.2) is 34.5 Å². The summed E-state index contributed by atoms with van der Waals surface area (Å²) in [5, 5.41) is 3.62. The summed E-state index contributed by atoms with van der Waals surface area (Å²) >= 11 is 0. The second-order valence-corrected chi connectivity index (χ2v) is 5.35. The molecule has 2 atom stereocenters. The second-order valence-electron chi connectivity index (χ2n) is 5.35. The molecule has 0 saturated heterocycles. The molecule has 1 heterocycles. The number of benzene rings is 1. The van der Waals surface area contributed by atoms with Gasteiger partial charge in [-0.15, -0.1) is 0 Å². The van der Waals surface area contributed by atoms with E-state index in [2.05, 4.69) is 24.4 Å². The maximum Gasteiger partial charge on any atom is 0.161 e. The molecule has 1 aromatic rings. The predicted molar refractivity (Wildman–Crippen MR) is 79.7 cm³/mol. The Balaban J connectivity index is 2.29. The lowest BCUT2D eigenvalue weighted by atomic mass is 9.85. The first-order valence-corrected chi connectivity index (χ1v) is 7.18. The summed E-state index contributed by atoms with van der Waals surface area (Å²) < 4.78 is 16.0. The van der Waals surface area contributed by atoms with Crippen molar-refractivity contribution in [2.45, 2.75) is 25.8 Å². The third kappa shape index (κ3) is 3.07. The third-order valence-corrected chi connectivity index (χ3v) is 4.09. The van der Waals surface area contributed by atoms with Gasteiger partial charge in [-0.25, -0.2) is 0 Å². The number of ether oxygens (including phenoxy) is 3. The lowest BCUT2D eigenvalue weighted by molar-refractivity contribution is 0.169. The van der Waals surface area contributed by atoms with E-state index in [0.29, 0.717) is 12.0 Å². The van der Waals surface area contributed by atoms with E-state index in [1.807, 2.05) is 0 Å². The quantitative estimate of drug-likeness (QED) is 0.869. The fourth-order valence-corrected chi connectivity index (χ4v) is 2.89. The average molecular weight is 279 g/mol. The standard InChI is InChI=1S/C16H25NO3/c1-11(6-8-18-2)16-13-10-15(20-4)14(19-3)9-12(13)5-7-17-16/h9-11,16-17H,5-8H2,1-4H3. The molecule has 0 saturated carbocycles. The number of methoxy groups -OCH3 is 3. The van der Waals surface area contributed by atoms with Crippen molar-refractivity contribution in [1.29, 1.82) is 0 Å². The SMILES string of the molecule is COCCC(C)C1NCCc2cc(OC)c(OC)cc21. The summed E-state index contributed by atoms with van der Waals surface area (Å²) in [5.41, 5.74) is 2.69. The lowest BCUT2D eigenvalue weighted by Gasteiger charge is -2.32. The molecule has 2 unspecified atom stereocenters. The van der Waals surface area contributed by atoms with Gasteiger partial charge in [-0.05, 0) is 48.6 Å². The number of hydrogen-bond donors (Lipinski definition) is 1. The molecule has 112 valence electrons. The number of rotatable bonds is 6. The fraction of sp³-hybridized carbons (Fsp3) is 0.625. The highest BCUT2D eigenvalue weighted by Gasteiger charge is 2.26. The van der Waals surface area contributed by atoms with Crippen molar-refractivity contribution in [2.75, 3.05) is 34.5 Å².